The highest BCUT2D eigenvalue weighted by atomic mass is 35.5. The van der Waals surface area contributed by atoms with Gasteiger partial charge < -0.3 is 19.7 Å². The lowest BCUT2D eigenvalue weighted by Crippen LogP contribution is -2.48. The number of carbonyl (C=O) groups excluding carboxylic acids is 2. The van der Waals surface area contributed by atoms with E-state index in [-0.39, 0.29) is 11.7 Å². The predicted octanol–water partition coefficient (Wildman–Crippen LogP) is 3.58. The van der Waals surface area contributed by atoms with Gasteiger partial charge in [-0.1, -0.05) is 11.6 Å². The standard InChI is InChI=1S/C26H28ClF2N5O4/c1-17(35)34-9-7-33(8-10-34)11-12-37-23-6-4-19(14-20(23)26-21(27)15-30-32(26)2)31-25(36)16-38-24-5-3-18(28)13-22(24)29/h3-6,13-15H,7-12,16H2,1-2H3,(H,31,36). The molecule has 9 nitrogen and oxygen atoms in total. The number of amides is 2. The molecule has 4 rings (SSSR count). The normalized spacial score (nSPS) is 13.9. The zero-order valence-corrected chi connectivity index (χ0v) is 21.8. The first-order valence-electron chi connectivity index (χ1n) is 12.0. The molecule has 1 aliphatic heterocycles. The molecule has 38 heavy (non-hydrogen) atoms. The maximum absolute atomic E-state index is 13.8. The number of nitrogens with zero attached hydrogens (tertiary/aromatic N) is 4. The Morgan fingerprint density at radius 1 is 1.05 bits per heavy atom. The zero-order chi connectivity index (χ0) is 27.2. The van der Waals surface area contributed by atoms with E-state index >= 15 is 0 Å². The number of piperazine rings is 1. The first kappa shape index (κ1) is 27.3. The number of rotatable bonds is 9. The molecule has 0 saturated carbocycles. The van der Waals surface area contributed by atoms with E-state index in [2.05, 4.69) is 15.3 Å². The molecule has 1 N–H and O–H groups in total. The Labute approximate surface area is 223 Å². The van der Waals surface area contributed by atoms with Gasteiger partial charge in [-0.05, 0) is 30.3 Å². The quantitative estimate of drug-likeness (QED) is 0.440. The van der Waals surface area contributed by atoms with Gasteiger partial charge in [-0.2, -0.15) is 5.10 Å². The fraction of sp³-hybridized carbons (Fsp3) is 0.346. The fourth-order valence-electron chi connectivity index (χ4n) is 4.14. The summed E-state index contributed by atoms with van der Waals surface area (Å²) >= 11 is 6.40. The third-order valence-electron chi connectivity index (χ3n) is 6.15. The molecular formula is C26H28ClF2N5O4. The van der Waals surface area contributed by atoms with Crippen molar-refractivity contribution in [2.24, 2.45) is 7.05 Å². The lowest BCUT2D eigenvalue weighted by molar-refractivity contribution is -0.130. The Kier molecular flexibility index (Phi) is 8.80. The molecule has 0 bridgehead atoms. The van der Waals surface area contributed by atoms with Crippen LogP contribution in [0.25, 0.3) is 11.3 Å². The van der Waals surface area contributed by atoms with Gasteiger partial charge in [0.05, 0.1) is 16.9 Å². The number of hydrogen-bond acceptors (Lipinski definition) is 6. The SMILES string of the molecule is CC(=O)N1CCN(CCOc2ccc(NC(=O)COc3ccc(F)cc3F)cc2-c2c(Cl)cnn2C)CC1. The molecule has 0 spiro atoms. The molecule has 1 fully saturated rings. The van der Waals surface area contributed by atoms with Crippen LogP contribution in [0.2, 0.25) is 5.02 Å². The average molecular weight is 548 g/mol. The Balaban J connectivity index is 1.42. The van der Waals surface area contributed by atoms with Gasteiger partial charge in [0.25, 0.3) is 5.91 Å². The molecule has 3 aromatic rings. The number of aryl methyl sites for hydroxylation is 1. The molecule has 12 heteroatoms. The molecule has 0 unspecified atom stereocenters. The number of anilines is 1. The van der Waals surface area contributed by atoms with Crippen molar-refractivity contribution < 1.29 is 27.8 Å². The summed E-state index contributed by atoms with van der Waals surface area (Å²) in [4.78, 5) is 28.0. The largest absolute Gasteiger partial charge is 0.492 e. The molecule has 1 saturated heterocycles. The molecule has 1 aromatic heterocycles. The first-order valence-corrected chi connectivity index (χ1v) is 12.4. The second kappa shape index (κ2) is 12.2. The van der Waals surface area contributed by atoms with E-state index in [9.17, 15) is 18.4 Å². The lowest BCUT2D eigenvalue weighted by atomic mass is 10.1. The van der Waals surface area contributed by atoms with E-state index < -0.39 is 24.1 Å². The maximum Gasteiger partial charge on any atom is 0.262 e. The van der Waals surface area contributed by atoms with Gasteiger partial charge in [-0.25, -0.2) is 8.78 Å². The third-order valence-corrected chi connectivity index (χ3v) is 6.42. The number of carbonyl (C=O) groups is 2. The van der Waals surface area contributed by atoms with Gasteiger partial charge in [-0.15, -0.1) is 0 Å². The van der Waals surface area contributed by atoms with Crippen molar-refractivity contribution in [1.82, 2.24) is 19.6 Å². The summed E-state index contributed by atoms with van der Waals surface area (Å²) in [5, 5.41) is 7.31. The molecule has 2 heterocycles. The van der Waals surface area contributed by atoms with Crippen LogP contribution in [0, 0.1) is 11.6 Å². The summed E-state index contributed by atoms with van der Waals surface area (Å²) < 4.78 is 39.7. The highest BCUT2D eigenvalue weighted by Crippen LogP contribution is 2.36. The molecule has 202 valence electrons. The second-order valence-electron chi connectivity index (χ2n) is 8.78. The summed E-state index contributed by atoms with van der Waals surface area (Å²) in [5.41, 5.74) is 1.68. The Morgan fingerprint density at radius 3 is 2.45 bits per heavy atom. The molecule has 0 radical (unpaired) electrons. The number of hydrogen-bond donors (Lipinski definition) is 1. The Morgan fingerprint density at radius 2 is 1.79 bits per heavy atom. The minimum absolute atomic E-state index is 0.0833. The van der Waals surface area contributed by atoms with Crippen LogP contribution >= 0.6 is 11.6 Å². The van der Waals surface area contributed by atoms with E-state index in [4.69, 9.17) is 21.1 Å². The van der Waals surface area contributed by atoms with Crippen molar-refractivity contribution in [2.75, 3.05) is 51.3 Å². The Hall–Kier alpha value is -3.70. The van der Waals surface area contributed by atoms with Crippen LogP contribution in [0.5, 0.6) is 11.5 Å². The van der Waals surface area contributed by atoms with Gasteiger partial charge in [0.2, 0.25) is 5.91 Å². The summed E-state index contributed by atoms with van der Waals surface area (Å²) in [5.74, 6) is -1.75. The average Bonchev–Trinajstić information content (AvgIpc) is 3.22. The summed E-state index contributed by atoms with van der Waals surface area (Å²) in [6.45, 7) is 5.13. The molecular weight excluding hydrogens is 520 g/mol. The van der Waals surface area contributed by atoms with E-state index in [0.29, 0.717) is 60.0 Å². The smallest absolute Gasteiger partial charge is 0.262 e. The minimum atomic E-state index is -0.895. The van der Waals surface area contributed by atoms with Crippen molar-refractivity contribution in [2.45, 2.75) is 6.92 Å². The van der Waals surface area contributed by atoms with Crippen LogP contribution < -0.4 is 14.8 Å². The van der Waals surface area contributed by atoms with Gasteiger partial charge in [0.1, 0.15) is 18.2 Å². The lowest BCUT2D eigenvalue weighted by Gasteiger charge is -2.34. The highest BCUT2D eigenvalue weighted by molar-refractivity contribution is 6.33. The molecule has 2 aromatic carbocycles. The summed E-state index contributed by atoms with van der Waals surface area (Å²) in [6.07, 6.45) is 1.52. The van der Waals surface area contributed by atoms with Gasteiger partial charge in [0.15, 0.2) is 18.2 Å². The third kappa shape index (κ3) is 6.78. The van der Waals surface area contributed by atoms with Crippen LogP contribution in [0.3, 0.4) is 0 Å². The Bertz CT molecular complexity index is 1290. The molecule has 0 atom stereocenters. The predicted molar refractivity (Wildman–Crippen MR) is 138 cm³/mol. The van der Waals surface area contributed by atoms with Crippen molar-refractivity contribution in [3.8, 4) is 22.8 Å². The number of ether oxygens (including phenoxy) is 2. The van der Waals surface area contributed by atoms with E-state index in [1.807, 2.05) is 4.90 Å². The number of halogens is 3. The zero-order valence-electron chi connectivity index (χ0n) is 21.0. The fourth-order valence-corrected chi connectivity index (χ4v) is 4.40. The number of nitrogens with one attached hydrogen (secondary N) is 1. The molecule has 2 amide bonds. The van der Waals surface area contributed by atoms with E-state index in [1.165, 1.54) is 6.20 Å². The van der Waals surface area contributed by atoms with Crippen LogP contribution in [0.4, 0.5) is 14.5 Å². The van der Waals surface area contributed by atoms with Crippen molar-refractivity contribution >= 4 is 29.1 Å². The first-order chi connectivity index (χ1) is 18.2. The topological polar surface area (TPSA) is 88.9 Å². The van der Waals surface area contributed by atoms with Crippen molar-refractivity contribution in [1.29, 1.82) is 0 Å². The van der Waals surface area contributed by atoms with Crippen LogP contribution in [0.1, 0.15) is 6.92 Å². The van der Waals surface area contributed by atoms with Crippen molar-refractivity contribution in [3.63, 3.8) is 0 Å². The van der Waals surface area contributed by atoms with Crippen molar-refractivity contribution in [3.05, 3.63) is 59.3 Å². The van der Waals surface area contributed by atoms with E-state index in [0.717, 1.165) is 25.2 Å². The van der Waals surface area contributed by atoms with E-state index in [1.54, 1.807) is 36.9 Å². The number of aromatic nitrogens is 2. The molecule has 0 aliphatic carbocycles. The van der Waals surface area contributed by atoms with Crippen LogP contribution in [-0.4, -0.2) is 77.3 Å². The van der Waals surface area contributed by atoms with Gasteiger partial charge in [-0.3, -0.25) is 19.2 Å². The summed E-state index contributed by atoms with van der Waals surface area (Å²) in [7, 11) is 1.75. The van der Waals surface area contributed by atoms with Crippen LogP contribution in [0.15, 0.2) is 42.6 Å². The van der Waals surface area contributed by atoms with Crippen LogP contribution in [-0.2, 0) is 16.6 Å². The molecule has 1 aliphatic rings. The summed E-state index contributed by atoms with van der Waals surface area (Å²) in [6, 6.07) is 7.95. The van der Waals surface area contributed by atoms with Gasteiger partial charge in [0, 0.05) is 64.0 Å². The maximum atomic E-state index is 13.8. The second-order valence-corrected chi connectivity index (χ2v) is 9.19. The highest BCUT2D eigenvalue weighted by Gasteiger charge is 2.20. The monoisotopic (exact) mass is 547 g/mol. The van der Waals surface area contributed by atoms with Gasteiger partial charge >= 0.3 is 0 Å². The number of benzene rings is 2. The minimum Gasteiger partial charge on any atom is -0.492 e.